The Kier molecular flexibility index (Phi) is 2.70. The van der Waals surface area contributed by atoms with E-state index in [4.69, 9.17) is 8.94 Å². The average Bonchev–Trinajstić information content (AvgIpc) is 2.99. The minimum atomic E-state index is 0.550. The molecule has 0 radical (unpaired) electrons. The summed E-state index contributed by atoms with van der Waals surface area (Å²) in [7, 11) is 0. The predicted octanol–water partition coefficient (Wildman–Crippen LogP) is 2.51. The second-order valence-electron chi connectivity index (χ2n) is 4.89. The molecule has 0 aliphatic heterocycles. The molecule has 1 fully saturated rings. The second kappa shape index (κ2) is 4.24. The van der Waals surface area contributed by atoms with Crippen LogP contribution < -0.4 is 5.32 Å². The zero-order valence-corrected chi connectivity index (χ0v) is 10.9. The maximum Gasteiger partial charge on any atom is 0.261 e. The van der Waals surface area contributed by atoms with Crippen LogP contribution in [0.25, 0.3) is 11.5 Å². The van der Waals surface area contributed by atoms with Gasteiger partial charge < -0.3 is 14.3 Å². The molecule has 1 aliphatic rings. The lowest BCUT2D eigenvalue weighted by atomic mass is 10.1. The van der Waals surface area contributed by atoms with Crippen molar-refractivity contribution in [3.05, 3.63) is 22.9 Å². The summed E-state index contributed by atoms with van der Waals surface area (Å²) in [4.78, 5) is 4.41. The highest BCUT2D eigenvalue weighted by Gasteiger charge is 2.22. The van der Waals surface area contributed by atoms with Gasteiger partial charge in [0.1, 0.15) is 11.5 Å². The van der Waals surface area contributed by atoms with Gasteiger partial charge in [0.25, 0.3) is 5.89 Å². The van der Waals surface area contributed by atoms with Crippen molar-refractivity contribution >= 4 is 0 Å². The number of furan rings is 1. The molecule has 0 bridgehead atoms. The third-order valence-corrected chi connectivity index (χ3v) is 3.37. The third-order valence-electron chi connectivity index (χ3n) is 3.37. The van der Waals surface area contributed by atoms with Crippen LogP contribution in [0.3, 0.4) is 0 Å². The molecule has 0 amide bonds. The number of nitrogens with zero attached hydrogens (tertiary/aromatic N) is 2. The van der Waals surface area contributed by atoms with Crippen molar-refractivity contribution in [2.75, 3.05) is 0 Å². The Morgan fingerprint density at radius 1 is 1.22 bits per heavy atom. The monoisotopic (exact) mass is 247 g/mol. The molecule has 1 saturated carbocycles. The van der Waals surface area contributed by atoms with E-state index in [0.717, 1.165) is 22.6 Å². The Morgan fingerprint density at radius 3 is 2.61 bits per heavy atom. The summed E-state index contributed by atoms with van der Waals surface area (Å²) in [5, 5.41) is 7.36. The van der Waals surface area contributed by atoms with E-state index in [2.05, 4.69) is 15.5 Å². The summed E-state index contributed by atoms with van der Waals surface area (Å²) in [5.41, 5.74) is 2.00. The zero-order valence-electron chi connectivity index (χ0n) is 10.9. The lowest BCUT2D eigenvalue weighted by Crippen LogP contribution is -2.16. The lowest BCUT2D eigenvalue weighted by molar-refractivity contribution is 0.417. The van der Waals surface area contributed by atoms with E-state index >= 15 is 0 Å². The molecule has 5 heteroatoms. The first kappa shape index (κ1) is 11.5. The van der Waals surface area contributed by atoms with Crippen molar-refractivity contribution in [1.82, 2.24) is 15.5 Å². The van der Waals surface area contributed by atoms with Crippen molar-refractivity contribution in [2.24, 2.45) is 0 Å². The normalized spacial score (nSPS) is 15.3. The Balaban J connectivity index is 1.82. The van der Waals surface area contributed by atoms with Crippen LogP contribution >= 0.6 is 0 Å². The van der Waals surface area contributed by atoms with Crippen LogP contribution in [0, 0.1) is 20.8 Å². The van der Waals surface area contributed by atoms with Gasteiger partial charge in [-0.3, -0.25) is 0 Å². The van der Waals surface area contributed by atoms with Crippen LogP contribution in [-0.4, -0.2) is 16.2 Å². The molecule has 0 aromatic carbocycles. The lowest BCUT2D eigenvalue weighted by Gasteiger charge is -1.95. The number of rotatable bonds is 4. The van der Waals surface area contributed by atoms with Crippen molar-refractivity contribution in [3.8, 4) is 11.5 Å². The van der Waals surface area contributed by atoms with Gasteiger partial charge in [0.05, 0.1) is 12.1 Å². The summed E-state index contributed by atoms with van der Waals surface area (Å²) < 4.78 is 10.9. The Morgan fingerprint density at radius 2 is 2.00 bits per heavy atom. The molecule has 2 heterocycles. The van der Waals surface area contributed by atoms with E-state index in [1.807, 2.05) is 20.8 Å². The highest BCUT2D eigenvalue weighted by molar-refractivity contribution is 5.61. The minimum Gasteiger partial charge on any atom is -0.466 e. The van der Waals surface area contributed by atoms with Gasteiger partial charge in [-0.1, -0.05) is 5.16 Å². The SMILES string of the molecule is Cc1oc(C)c(-c2nc(CNC3CC3)no2)c1C. The second-order valence-corrected chi connectivity index (χ2v) is 4.89. The van der Waals surface area contributed by atoms with Crippen molar-refractivity contribution < 1.29 is 8.94 Å². The molecule has 96 valence electrons. The molecule has 0 saturated heterocycles. The van der Waals surface area contributed by atoms with E-state index in [1.54, 1.807) is 0 Å². The Bertz CT molecular complexity index is 567. The first-order chi connectivity index (χ1) is 8.65. The molecule has 18 heavy (non-hydrogen) atoms. The highest BCUT2D eigenvalue weighted by atomic mass is 16.5. The number of aryl methyl sites for hydroxylation is 2. The van der Waals surface area contributed by atoms with Crippen LogP contribution in [0.1, 0.15) is 35.7 Å². The van der Waals surface area contributed by atoms with Gasteiger partial charge in [-0.05, 0) is 33.6 Å². The molecule has 2 aromatic heterocycles. The molecule has 1 aliphatic carbocycles. The standard InChI is InChI=1S/C13H17N3O2/c1-7-8(2)17-9(3)12(7)13-15-11(16-18-13)6-14-10-4-5-10/h10,14H,4-6H2,1-3H3. The molecule has 0 unspecified atom stereocenters. The smallest absolute Gasteiger partial charge is 0.261 e. The summed E-state index contributed by atoms with van der Waals surface area (Å²) in [5.74, 6) is 2.98. The van der Waals surface area contributed by atoms with Crippen LogP contribution in [-0.2, 0) is 6.54 Å². The topological polar surface area (TPSA) is 64.1 Å². The largest absolute Gasteiger partial charge is 0.466 e. The van der Waals surface area contributed by atoms with E-state index < -0.39 is 0 Å². The van der Waals surface area contributed by atoms with Gasteiger partial charge >= 0.3 is 0 Å². The minimum absolute atomic E-state index is 0.550. The fraction of sp³-hybridized carbons (Fsp3) is 0.538. The summed E-state index contributed by atoms with van der Waals surface area (Å²) in [6, 6.07) is 0.645. The molecule has 0 spiro atoms. The van der Waals surface area contributed by atoms with Crippen molar-refractivity contribution in [1.29, 1.82) is 0 Å². The van der Waals surface area contributed by atoms with Crippen LogP contribution in [0.5, 0.6) is 0 Å². The van der Waals surface area contributed by atoms with Gasteiger partial charge in [0.2, 0.25) is 0 Å². The predicted molar refractivity (Wildman–Crippen MR) is 66.1 cm³/mol. The van der Waals surface area contributed by atoms with Gasteiger partial charge in [-0.15, -0.1) is 0 Å². The highest BCUT2D eigenvalue weighted by Crippen LogP contribution is 2.30. The van der Waals surface area contributed by atoms with Crippen molar-refractivity contribution in [2.45, 2.75) is 46.2 Å². The van der Waals surface area contributed by atoms with E-state index in [1.165, 1.54) is 12.8 Å². The first-order valence-electron chi connectivity index (χ1n) is 6.28. The van der Waals surface area contributed by atoms with Gasteiger partial charge in [0, 0.05) is 11.6 Å². The molecule has 5 nitrogen and oxygen atoms in total. The Hall–Kier alpha value is -1.62. The van der Waals surface area contributed by atoms with Gasteiger partial charge in [0.15, 0.2) is 5.82 Å². The quantitative estimate of drug-likeness (QED) is 0.899. The maximum absolute atomic E-state index is 5.57. The molecular weight excluding hydrogens is 230 g/mol. The maximum atomic E-state index is 5.57. The van der Waals surface area contributed by atoms with E-state index in [9.17, 15) is 0 Å². The Labute approximate surface area is 106 Å². The fourth-order valence-electron chi connectivity index (χ4n) is 2.06. The van der Waals surface area contributed by atoms with Gasteiger partial charge in [-0.2, -0.15) is 4.98 Å². The molecule has 2 aromatic rings. The number of hydrogen-bond donors (Lipinski definition) is 1. The average molecular weight is 247 g/mol. The van der Waals surface area contributed by atoms with Crippen molar-refractivity contribution in [3.63, 3.8) is 0 Å². The van der Waals surface area contributed by atoms with Crippen LogP contribution in [0.15, 0.2) is 8.94 Å². The summed E-state index contributed by atoms with van der Waals surface area (Å²) in [6.45, 7) is 6.54. The van der Waals surface area contributed by atoms with Gasteiger partial charge in [-0.25, -0.2) is 0 Å². The molecular formula is C13H17N3O2. The summed E-state index contributed by atoms with van der Waals surface area (Å²) in [6.07, 6.45) is 2.51. The van der Waals surface area contributed by atoms with E-state index in [0.29, 0.717) is 24.3 Å². The van der Waals surface area contributed by atoms with Crippen LogP contribution in [0.2, 0.25) is 0 Å². The molecule has 1 N–H and O–H groups in total. The number of aromatic nitrogens is 2. The zero-order chi connectivity index (χ0) is 12.7. The first-order valence-corrected chi connectivity index (χ1v) is 6.28. The number of nitrogens with one attached hydrogen (secondary N) is 1. The fourth-order valence-corrected chi connectivity index (χ4v) is 2.06. The third kappa shape index (κ3) is 2.06. The molecule has 0 atom stereocenters. The van der Waals surface area contributed by atoms with Crippen LogP contribution in [0.4, 0.5) is 0 Å². The molecule has 3 rings (SSSR count). The summed E-state index contributed by atoms with van der Waals surface area (Å²) >= 11 is 0. The van der Waals surface area contributed by atoms with E-state index in [-0.39, 0.29) is 0 Å². The number of hydrogen-bond acceptors (Lipinski definition) is 5.